The van der Waals surface area contributed by atoms with Gasteiger partial charge >= 0.3 is 73.6 Å². The van der Waals surface area contributed by atoms with E-state index in [0.29, 0.717) is 21.2 Å². The van der Waals surface area contributed by atoms with Crippen molar-refractivity contribution in [2.24, 2.45) is 11.8 Å². The Labute approximate surface area is 73.7 Å². The number of hydrogen-bond donors (Lipinski definition) is 0. The van der Waals surface area contributed by atoms with Crippen molar-refractivity contribution in [3.05, 3.63) is 21.8 Å². The van der Waals surface area contributed by atoms with Gasteiger partial charge in [-0.1, -0.05) is 0 Å². The average molecular weight is 249 g/mol. The molecule has 0 aromatic heterocycles. The molecule has 0 heterocycles. The molecule has 0 aliphatic heterocycles. The fourth-order valence-electron chi connectivity index (χ4n) is 1.00. The van der Waals surface area contributed by atoms with Gasteiger partial charge in [-0.2, -0.15) is 0 Å². The summed E-state index contributed by atoms with van der Waals surface area (Å²) < 4.78 is 1.60. The van der Waals surface area contributed by atoms with Crippen LogP contribution in [0, 0.1) is 11.8 Å². The van der Waals surface area contributed by atoms with E-state index in [1.165, 1.54) is 0 Å². The molecule has 0 radical (unpaired) electrons. The van der Waals surface area contributed by atoms with Gasteiger partial charge in [-0.25, -0.2) is 0 Å². The van der Waals surface area contributed by atoms with Crippen molar-refractivity contribution < 1.29 is 21.2 Å². The maximum absolute atomic E-state index is 2.43. The zero-order valence-electron chi connectivity index (χ0n) is 6.76. The zero-order valence-corrected chi connectivity index (χ0v) is 8.92. The second-order valence-corrected chi connectivity index (χ2v) is 5.14. The van der Waals surface area contributed by atoms with Crippen LogP contribution in [-0.4, -0.2) is 4.93 Å². The molecule has 0 spiro atoms. The zero-order chi connectivity index (χ0) is 7.56. The molecule has 0 aromatic rings. The van der Waals surface area contributed by atoms with E-state index in [4.69, 9.17) is 0 Å². The molecule has 0 fully saturated rings. The summed E-state index contributed by atoms with van der Waals surface area (Å²) in [7, 11) is 0. The Balaban J connectivity index is 2.66. The summed E-state index contributed by atoms with van der Waals surface area (Å²) in [6.45, 7) is 4.58. The van der Waals surface area contributed by atoms with E-state index in [0.717, 1.165) is 11.8 Å². The van der Waals surface area contributed by atoms with Gasteiger partial charge < -0.3 is 0 Å². The number of alkyl halides is 1. The van der Waals surface area contributed by atoms with Gasteiger partial charge in [0.25, 0.3) is 0 Å². The van der Waals surface area contributed by atoms with E-state index < -0.39 is 0 Å². The standard InChI is InChI=1S/C9H14I/c1-7-4-5-9(10-3)6-8(7)2/h4-8H,1-3H3/q-1. The molecular formula is C9H14I-. The van der Waals surface area contributed by atoms with Crippen molar-refractivity contribution in [1.82, 2.24) is 0 Å². The Hall–Kier alpha value is 0.210. The predicted molar refractivity (Wildman–Crippen MR) is 41.5 cm³/mol. The third-order valence-corrected chi connectivity index (χ3v) is 3.99. The summed E-state index contributed by atoms with van der Waals surface area (Å²) in [5.74, 6) is 1.51. The number of rotatable bonds is 1. The van der Waals surface area contributed by atoms with E-state index in [1.54, 1.807) is 3.58 Å². The van der Waals surface area contributed by atoms with E-state index in [2.05, 4.69) is 37.0 Å². The predicted octanol–water partition coefficient (Wildman–Crippen LogP) is -0.569. The van der Waals surface area contributed by atoms with Gasteiger partial charge in [-0.3, -0.25) is 0 Å². The molecule has 0 amide bonds. The van der Waals surface area contributed by atoms with Crippen LogP contribution in [0.1, 0.15) is 13.8 Å². The second kappa shape index (κ2) is 3.56. The number of hydrogen-bond acceptors (Lipinski definition) is 0. The van der Waals surface area contributed by atoms with Crippen molar-refractivity contribution >= 4 is 0 Å². The molecule has 0 bridgehead atoms. The van der Waals surface area contributed by atoms with Gasteiger partial charge in [-0.05, 0) is 0 Å². The molecule has 0 saturated heterocycles. The fourth-order valence-corrected chi connectivity index (χ4v) is 2.50. The third-order valence-electron chi connectivity index (χ3n) is 2.03. The van der Waals surface area contributed by atoms with Crippen LogP contribution in [0.15, 0.2) is 21.8 Å². The van der Waals surface area contributed by atoms with Crippen LogP contribution in [-0.2, 0) is 0 Å². The maximum atomic E-state index is 2.43. The first-order chi connectivity index (χ1) is 4.74. The van der Waals surface area contributed by atoms with Crippen molar-refractivity contribution in [2.45, 2.75) is 13.8 Å². The van der Waals surface area contributed by atoms with E-state index in [1.807, 2.05) is 0 Å². The summed E-state index contributed by atoms with van der Waals surface area (Å²) in [5, 5.41) is 0. The monoisotopic (exact) mass is 249 g/mol. The minimum atomic E-state index is 0.314. The van der Waals surface area contributed by atoms with Crippen LogP contribution >= 0.6 is 0 Å². The fraction of sp³-hybridized carbons (Fsp3) is 0.556. The van der Waals surface area contributed by atoms with E-state index >= 15 is 0 Å². The van der Waals surface area contributed by atoms with Gasteiger partial charge in [0.15, 0.2) is 0 Å². The average Bonchev–Trinajstić information content (AvgIpc) is 1.95. The summed E-state index contributed by atoms with van der Waals surface area (Å²) in [6.07, 6.45) is 7.07. The molecule has 1 aliphatic carbocycles. The normalized spacial score (nSPS) is 32.5. The van der Waals surface area contributed by atoms with Gasteiger partial charge in [0, 0.05) is 0 Å². The Morgan fingerprint density at radius 2 is 2.00 bits per heavy atom. The van der Waals surface area contributed by atoms with Crippen LogP contribution in [0.2, 0.25) is 0 Å². The SMILES string of the molecule is C[I-]C1=CC(C)C(C)C=C1. The van der Waals surface area contributed by atoms with Crippen molar-refractivity contribution in [3.8, 4) is 0 Å². The Kier molecular flexibility index (Phi) is 2.96. The number of halogens is 1. The first-order valence-electron chi connectivity index (χ1n) is 3.63. The Bertz CT molecular complexity index is 168. The number of allylic oxidation sites excluding steroid dienone is 4. The van der Waals surface area contributed by atoms with Gasteiger partial charge in [0.2, 0.25) is 0 Å². The summed E-state index contributed by atoms with van der Waals surface area (Å²) in [6, 6.07) is 0. The van der Waals surface area contributed by atoms with Crippen LogP contribution in [0.5, 0.6) is 0 Å². The summed E-state index contributed by atoms with van der Waals surface area (Å²) >= 11 is 0.314. The van der Waals surface area contributed by atoms with Crippen LogP contribution < -0.4 is 21.2 Å². The van der Waals surface area contributed by atoms with Crippen LogP contribution in [0.25, 0.3) is 0 Å². The second-order valence-electron chi connectivity index (χ2n) is 2.82. The van der Waals surface area contributed by atoms with Crippen molar-refractivity contribution in [1.29, 1.82) is 0 Å². The molecule has 0 saturated carbocycles. The Morgan fingerprint density at radius 3 is 2.50 bits per heavy atom. The topological polar surface area (TPSA) is 0 Å². The third kappa shape index (κ3) is 1.84. The first-order valence-corrected chi connectivity index (χ1v) is 6.87. The molecule has 10 heavy (non-hydrogen) atoms. The van der Waals surface area contributed by atoms with Gasteiger partial charge in [0.05, 0.1) is 0 Å². The minimum absolute atomic E-state index is 0.314. The molecule has 1 heteroatoms. The molecule has 2 atom stereocenters. The van der Waals surface area contributed by atoms with Crippen LogP contribution in [0.4, 0.5) is 0 Å². The molecular weight excluding hydrogens is 235 g/mol. The molecule has 0 aromatic carbocycles. The summed E-state index contributed by atoms with van der Waals surface area (Å²) in [4.78, 5) is 2.32. The summed E-state index contributed by atoms with van der Waals surface area (Å²) in [5.41, 5.74) is 0. The quantitative estimate of drug-likeness (QED) is 0.431. The van der Waals surface area contributed by atoms with Crippen LogP contribution in [0.3, 0.4) is 0 Å². The molecule has 58 valence electrons. The molecule has 0 nitrogen and oxygen atoms in total. The molecule has 2 unspecified atom stereocenters. The molecule has 1 rings (SSSR count). The Morgan fingerprint density at radius 1 is 1.30 bits per heavy atom. The molecule has 1 aliphatic rings. The van der Waals surface area contributed by atoms with Gasteiger partial charge in [0.1, 0.15) is 0 Å². The van der Waals surface area contributed by atoms with Crippen molar-refractivity contribution in [3.63, 3.8) is 0 Å². The van der Waals surface area contributed by atoms with Gasteiger partial charge in [-0.15, -0.1) is 0 Å². The van der Waals surface area contributed by atoms with E-state index in [9.17, 15) is 0 Å². The van der Waals surface area contributed by atoms with E-state index in [-0.39, 0.29) is 0 Å². The molecule has 0 N–H and O–H groups in total. The first kappa shape index (κ1) is 8.31. The van der Waals surface area contributed by atoms with Crippen molar-refractivity contribution in [2.75, 3.05) is 4.93 Å².